The summed E-state index contributed by atoms with van der Waals surface area (Å²) in [5.74, 6) is 2.30. The van der Waals surface area contributed by atoms with Crippen molar-refractivity contribution in [1.29, 1.82) is 0 Å². The predicted octanol–water partition coefficient (Wildman–Crippen LogP) is 3.56. The Bertz CT molecular complexity index is 380. The summed E-state index contributed by atoms with van der Waals surface area (Å²) >= 11 is 0. The number of hydrogen-bond acceptors (Lipinski definition) is 4. The number of nitrogens with one attached hydrogen (secondary N) is 1. The van der Waals surface area contributed by atoms with Gasteiger partial charge in [0.1, 0.15) is 12.4 Å². The normalized spacial score (nSPS) is 12.7. The van der Waals surface area contributed by atoms with Gasteiger partial charge in [0.25, 0.3) is 0 Å². The van der Waals surface area contributed by atoms with Crippen molar-refractivity contribution in [2.24, 2.45) is 5.92 Å². The number of hydrogen-bond donors (Lipinski definition) is 1. The molecule has 0 saturated heterocycles. The molecule has 0 bridgehead atoms. The highest BCUT2D eigenvalue weighted by atomic mass is 16.5. The van der Waals surface area contributed by atoms with E-state index in [0.29, 0.717) is 12.5 Å². The van der Waals surface area contributed by atoms with Crippen molar-refractivity contribution >= 4 is 5.82 Å². The molecule has 1 aromatic rings. The lowest BCUT2D eigenvalue weighted by Gasteiger charge is -2.15. The van der Waals surface area contributed by atoms with Crippen LogP contribution in [0.15, 0.2) is 6.07 Å². The fourth-order valence-electron chi connectivity index (χ4n) is 1.99. The molecular weight excluding hydrogens is 238 g/mol. The van der Waals surface area contributed by atoms with Crippen molar-refractivity contribution in [1.82, 2.24) is 9.97 Å². The highest BCUT2D eigenvalue weighted by molar-refractivity contribution is 5.35. The van der Waals surface area contributed by atoms with Crippen LogP contribution in [0.3, 0.4) is 0 Å². The van der Waals surface area contributed by atoms with E-state index in [2.05, 4.69) is 43.0 Å². The van der Waals surface area contributed by atoms with Crippen LogP contribution < -0.4 is 5.32 Å². The van der Waals surface area contributed by atoms with E-state index in [9.17, 15) is 0 Å². The van der Waals surface area contributed by atoms with Crippen LogP contribution in [-0.2, 0) is 11.3 Å². The summed E-state index contributed by atoms with van der Waals surface area (Å²) in [5.41, 5.74) is 0.976. The molecule has 0 spiro atoms. The van der Waals surface area contributed by atoms with Gasteiger partial charge in [-0.25, -0.2) is 9.97 Å². The molecule has 1 atom stereocenters. The Morgan fingerprint density at radius 1 is 1.26 bits per heavy atom. The van der Waals surface area contributed by atoms with Crippen molar-refractivity contribution in [2.75, 3.05) is 11.9 Å². The first-order valence-electron chi connectivity index (χ1n) is 7.21. The second-order valence-corrected chi connectivity index (χ2v) is 5.49. The molecule has 0 aliphatic rings. The lowest BCUT2D eigenvalue weighted by Crippen LogP contribution is -2.13. The van der Waals surface area contributed by atoms with E-state index in [1.54, 1.807) is 0 Å². The van der Waals surface area contributed by atoms with Gasteiger partial charge < -0.3 is 10.1 Å². The van der Waals surface area contributed by atoms with E-state index >= 15 is 0 Å². The molecule has 108 valence electrons. The topological polar surface area (TPSA) is 47.0 Å². The minimum Gasteiger partial charge on any atom is -0.371 e. The standard InChI is InChI=1S/C15H27N3O/c1-6-7-16-14-9-12(4)17-15(18-14)10-19-13(5)8-11(2)3/h9,11,13H,6-8,10H2,1-5H3,(H,16,17,18). The fraction of sp³-hybridized carbons (Fsp3) is 0.733. The molecule has 0 aliphatic heterocycles. The van der Waals surface area contributed by atoms with E-state index in [1.165, 1.54) is 0 Å². The van der Waals surface area contributed by atoms with E-state index < -0.39 is 0 Å². The highest BCUT2D eigenvalue weighted by Gasteiger charge is 2.08. The van der Waals surface area contributed by atoms with Gasteiger partial charge in [0.15, 0.2) is 5.82 Å². The van der Waals surface area contributed by atoms with E-state index in [0.717, 1.165) is 36.7 Å². The van der Waals surface area contributed by atoms with Gasteiger partial charge in [-0.3, -0.25) is 0 Å². The summed E-state index contributed by atoms with van der Waals surface area (Å²) in [4.78, 5) is 8.89. The van der Waals surface area contributed by atoms with Gasteiger partial charge in [0, 0.05) is 18.3 Å². The molecule has 1 rings (SSSR count). The molecule has 0 amide bonds. The van der Waals surface area contributed by atoms with E-state index in [-0.39, 0.29) is 6.10 Å². The van der Waals surface area contributed by atoms with Gasteiger partial charge >= 0.3 is 0 Å². The Morgan fingerprint density at radius 2 is 2.00 bits per heavy atom. The summed E-state index contributed by atoms with van der Waals surface area (Å²) in [5, 5.41) is 3.29. The Labute approximate surface area is 117 Å². The second kappa shape index (κ2) is 8.10. The van der Waals surface area contributed by atoms with Crippen LogP contribution in [-0.4, -0.2) is 22.6 Å². The summed E-state index contributed by atoms with van der Waals surface area (Å²) in [6.07, 6.45) is 2.39. The van der Waals surface area contributed by atoms with Gasteiger partial charge in [-0.15, -0.1) is 0 Å². The number of ether oxygens (including phenoxy) is 1. The number of aryl methyl sites for hydroxylation is 1. The molecule has 0 radical (unpaired) electrons. The van der Waals surface area contributed by atoms with Crippen molar-refractivity contribution in [3.8, 4) is 0 Å². The molecule has 0 saturated carbocycles. The maximum atomic E-state index is 5.80. The summed E-state index contributed by atoms with van der Waals surface area (Å²) < 4.78 is 5.80. The van der Waals surface area contributed by atoms with Crippen LogP contribution in [0.5, 0.6) is 0 Å². The summed E-state index contributed by atoms with van der Waals surface area (Å²) in [6.45, 7) is 12.0. The summed E-state index contributed by atoms with van der Waals surface area (Å²) in [6, 6.07) is 1.97. The Balaban J connectivity index is 2.55. The average Bonchev–Trinajstić information content (AvgIpc) is 2.32. The van der Waals surface area contributed by atoms with Crippen molar-refractivity contribution in [3.05, 3.63) is 17.6 Å². The zero-order valence-corrected chi connectivity index (χ0v) is 12.9. The lowest BCUT2D eigenvalue weighted by molar-refractivity contribution is 0.0359. The maximum absolute atomic E-state index is 5.80. The third-order valence-corrected chi connectivity index (χ3v) is 2.76. The number of anilines is 1. The van der Waals surface area contributed by atoms with Crippen molar-refractivity contribution < 1.29 is 4.74 Å². The minimum atomic E-state index is 0.246. The zero-order chi connectivity index (χ0) is 14.3. The molecule has 1 unspecified atom stereocenters. The van der Waals surface area contributed by atoms with Crippen LogP contribution in [0.4, 0.5) is 5.82 Å². The van der Waals surface area contributed by atoms with Crippen LogP contribution in [0.2, 0.25) is 0 Å². The average molecular weight is 265 g/mol. The van der Waals surface area contributed by atoms with Crippen molar-refractivity contribution in [2.45, 2.75) is 60.2 Å². The van der Waals surface area contributed by atoms with Gasteiger partial charge in [0.2, 0.25) is 0 Å². The molecule has 19 heavy (non-hydrogen) atoms. The molecule has 0 aliphatic carbocycles. The van der Waals surface area contributed by atoms with E-state index in [1.807, 2.05) is 13.0 Å². The SMILES string of the molecule is CCCNc1cc(C)nc(COC(C)CC(C)C)n1. The van der Waals surface area contributed by atoms with Crippen LogP contribution in [0, 0.1) is 12.8 Å². The van der Waals surface area contributed by atoms with Crippen molar-refractivity contribution in [3.63, 3.8) is 0 Å². The number of rotatable bonds is 8. The number of nitrogens with zero attached hydrogens (tertiary/aromatic N) is 2. The highest BCUT2D eigenvalue weighted by Crippen LogP contribution is 2.11. The smallest absolute Gasteiger partial charge is 0.156 e. The van der Waals surface area contributed by atoms with E-state index in [4.69, 9.17) is 4.74 Å². The van der Waals surface area contributed by atoms with Gasteiger partial charge in [-0.1, -0.05) is 20.8 Å². The lowest BCUT2D eigenvalue weighted by atomic mass is 10.1. The fourth-order valence-corrected chi connectivity index (χ4v) is 1.99. The molecule has 1 heterocycles. The monoisotopic (exact) mass is 265 g/mol. The van der Waals surface area contributed by atoms with Gasteiger partial charge in [-0.05, 0) is 32.6 Å². The van der Waals surface area contributed by atoms with Crippen LogP contribution in [0.25, 0.3) is 0 Å². The minimum absolute atomic E-state index is 0.246. The second-order valence-electron chi connectivity index (χ2n) is 5.49. The molecule has 1 N–H and O–H groups in total. The molecule has 4 nitrogen and oxygen atoms in total. The Kier molecular flexibility index (Phi) is 6.78. The first kappa shape index (κ1) is 15.9. The third-order valence-electron chi connectivity index (χ3n) is 2.76. The van der Waals surface area contributed by atoms with Crippen LogP contribution >= 0.6 is 0 Å². The quantitative estimate of drug-likeness (QED) is 0.780. The Morgan fingerprint density at radius 3 is 2.63 bits per heavy atom. The first-order chi connectivity index (χ1) is 9.01. The molecule has 4 heteroatoms. The summed E-state index contributed by atoms with van der Waals surface area (Å²) in [7, 11) is 0. The Hall–Kier alpha value is -1.16. The zero-order valence-electron chi connectivity index (χ0n) is 12.9. The predicted molar refractivity (Wildman–Crippen MR) is 79.3 cm³/mol. The molecule has 0 aromatic carbocycles. The largest absolute Gasteiger partial charge is 0.371 e. The number of aromatic nitrogens is 2. The maximum Gasteiger partial charge on any atom is 0.156 e. The van der Waals surface area contributed by atoms with Crippen LogP contribution in [0.1, 0.15) is 52.1 Å². The molecule has 0 fully saturated rings. The molecular formula is C15H27N3O. The van der Waals surface area contributed by atoms with Gasteiger partial charge in [0.05, 0.1) is 6.10 Å². The first-order valence-corrected chi connectivity index (χ1v) is 7.21. The third kappa shape index (κ3) is 6.53. The molecule has 1 aromatic heterocycles. The van der Waals surface area contributed by atoms with Gasteiger partial charge in [-0.2, -0.15) is 0 Å².